The molecule has 2 N–H and O–H groups in total. The summed E-state index contributed by atoms with van der Waals surface area (Å²) in [7, 11) is 1.54. The standard InChI is InChI=1S/C17H15N3O2/c1-18-22-17(21)11-14(15-4-2-3-8-19-15)13-6-5-12-7-9-20-16(12)10-13/h2-11,18,20H,1H3/b14-11-. The van der Waals surface area contributed by atoms with Gasteiger partial charge in [-0.2, -0.15) is 5.48 Å². The van der Waals surface area contributed by atoms with Gasteiger partial charge >= 0.3 is 5.97 Å². The minimum Gasteiger partial charge on any atom is -0.367 e. The molecule has 3 aromatic rings. The van der Waals surface area contributed by atoms with Crippen LogP contribution in [0.4, 0.5) is 0 Å². The summed E-state index contributed by atoms with van der Waals surface area (Å²) in [5.41, 5.74) is 5.69. The predicted octanol–water partition coefficient (Wildman–Crippen LogP) is 2.67. The van der Waals surface area contributed by atoms with Crippen molar-refractivity contribution < 1.29 is 9.63 Å². The van der Waals surface area contributed by atoms with Gasteiger partial charge in [0.1, 0.15) is 0 Å². The van der Waals surface area contributed by atoms with Crippen LogP contribution < -0.4 is 5.48 Å². The number of pyridine rings is 1. The number of H-pyrrole nitrogens is 1. The Labute approximate surface area is 127 Å². The van der Waals surface area contributed by atoms with Crippen molar-refractivity contribution in [1.29, 1.82) is 0 Å². The topological polar surface area (TPSA) is 67.0 Å². The summed E-state index contributed by atoms with van der Waals surface area (Å²) in [6, 6.07) is 13.5. The molecule has 0 aliphatic heterocycles. The van der Waals surface area contributed by atoms with E-state index in [-0.39, 0.29) is 0 Å². The predicted molar refractivity (Wildman–Crippen MR) is 84.8 cm³/mol. The first-order valence-electron chi connectivity index (χ1n) is 6.86. The van der Waals surface area contributed by atoms with Crippen LogP contribution in [-0.4, -0.2) is 23.0 Å². The minimum absolute atomic E-state index is 0.477. The fourth-order valence-electron chi connectivity index (χ4n) is 2.29. The Morgan fingerprint density at radius 1 is 1.27 bits per heavy atom. The van der Waals surface area contributed by atoms with E-state index in [9.17, 15) is 4.79 Å². The van der Waals surface area contributed by atoms with Crippen molar-refractivity contribution in [3.63, 3.8) is 0 Å². The molecular weight excluding hydrogens is 278 g/mol. The van der Waals surface area contributed by atoms with E-state index in [1.54, 1.807) is 6.20 Å². The molecular formula is C17H15N3O2. The van der Waals surface area contributed by atoms with Gasteiger partial charge in [-0.3, -0.25) is 4.98 Å². The maximum atomic E-state index is 11.8. The second-order valence-corrected chi connectivity index (χ2v) is 4.68. The van der Waals surface area contributed by atoms with E-state index in [2.05, 4.69) is 15.4 Å². The Morgan fingerprint density at radius 3 is 2.95 bits per heavy atom. The van der Waals surface area contributed by atoms with E-state index < -0.39 is 5.97 Å². The molecule has 5 nitrogen and oxygen atoms in total. The normalized spacial score (nSPS) is 11.6. The highest BCUT2D eigenvalue weighted by Crippen LogP contribution is 2.25. The smallest absolute Gasteiger partial charge is 0.350 e. The van der Waals surface area contributed by atoms with Gasteiger partial charge in [-0.25, -0.2) is 4.79 Å². The molecule has 22 heavy (non-hydrogen) atoms. The summed E-state index contributed by atoms with van der Waals surface area (Å²) >= 11 is 0. The number of aromatic nitrogens is 2. The number of aromatic amines is 1. The van der Waals surface area contributed by atoms with Gasteiger partial charge in [0.05, 0.1) is 5.69 Å². The van der Waals surface area contributed by atoms with Gasteiger partial charge in [-0.05, 0) is 35.2 Å². The average Bonchev–Trinajstić information content (AvgIpc) is 3.01. The molecule has 0 aliphatic rings. The molecule has 5 heteroatoms. The first kappa shape index (κ1) is 14.0. The van der Waals surface area contributed by atoms with Gasteiger partial charge in [0.15, 0.2) is 0 Å². The lowest BCUT2D eigenvalue weighted by Crippen LogP contribution is -2.13. The zero-order valence-electron chi connectivity index (χ0n) is 12.0. The van der Waals surface area contributed by atoms with Crippen LogP contribution in [0.1, 0.15) is 11.3 Å². The third kappa shape index (κ3) is 2.89. The Kier molecular flexibility index (Phi) is 3.98. The lowest BCUT2D eigenvalue weighted by molar-refractivity contribution is -0.143. The molecule has 1 aromatic carbocycles. The third-order valence-corrected chi connectivity index (χ3v) is 3.27. The van der Waals surface area contributed by atoms with Crippen LogP contribution in [0.15, 0.2) is 60.9 Å². The fourth-order valence-corrected chi connectivity index (χ4v) is 2.29. The highest BCUT2D eigenvalue weighted by molar-refractivity contribution is 5.97. The van der Waals surface area contributed by atoms with Crippen LogP contribution >= 0.6 is 0 Å². The highest BCUT2D eigenvalue weighted by atomic mass is 16.7. The van der Waals surface area contributed by atoms with E-state index >= 15 is 0 Å². The molecule has 0 unspecified atom stereocenters. The van der Waals surface area contributed by atoms with Crippen LogP contribution in [0.3, 0.4) is 0 Å². The first-order chi connectivity index (χ1) is 10.8. The number of hydroxylamine groups is 1. The molecule has 0 atom stereocenters. The molecule has 2 heterocycles. The van der Waals surface area contributed by atoms with Gasteiger partial charge in [-0.1, -0.05) is 18.2 Å². The summed E-state index contributed by atoms with van der Waals surface area (Å²) in [5, 5.41) is 1.11. The summed E-state index contributed by atoms with van der Waals surface area (Å²) < 4.78 is 0. The molecule has 0 amide bonds. The zero-order chi connectivity index (χ0) is 15.4. The summed E-state index contributed by atoms with van der Waals surface area (Å²) in [6.45, 7) is 0. The second-order valence-electron chi connectivity index (χ2n) is 4.68. The molecule has 3 rings (SSSR count). The van der Waals surface area contributed by atoms with Crippen molar-refractivity contribution in [3.05, 3.63) is 72.2 Å². The van der Waals surface area contributed by atoms with Crippen LogP contribution in [0.2, 0.25) is 0 Å². The number of rotatable bonds is 4. The average molecular weight is 293 g/mol. The lowest BCUT2D eigenvalue weighted by Gasteiger charge is -2.08. The van der Waals surface area contributed by atoms with Gasteiger partial charge in [-0.15, -0.1) is 0 Å². The molecule has 0 bridgehead atoms. The number of fused-ring (bicyclic) bond motifs is 1. The summed E-state index contributed by atoms with van der Waals surface area (Å²) in [6.07, 6.45) is 5.01. The number of carbonyl (C=O) groups excluding carboxylic acids is 1. The van der Waals surface area contributed by atoms with E-state index in [1.165, 1.54) is 13.1 Å². The highest BCUT2D eigenvalue weighted by Gasteiger charge is 2.10. The molecule has 0 radical (unpaired) electrons. The van der Waals surface area contributed by atoms with E-state index in [1.807, 2.05) is 48.7 Å². The number of hydrogen-bond donors (Lipinski definition) is 2. The second kappa shape index (κ2) is 6.24. The van der Waals surface area contributed by atoms with Crippen molar-refractivity contribution >= 4 is 22.4 Å². The van der Waals surface area contributed by atoms with Crippen molar-refractivity contribution in [3.8, 4) is 0 Å². The first-order valence-corrected chi connectivity index (χ1v) is 6.86. The monoisotopic (exact) mass is 293 g/mol. The molecule has 0 aliphatic carbocycles. The molecule has 110 valence electrons. The maximum Gasteiger partial charge on any atom is 0.350 e. The van der Waals surface area contributed by atoms with E-state index in [0.29, 0.717) is 11.3 Å². The SMILES string of the molecule is CNOC(=O)/C=C(/c1ccc2cc[nH]c2c1)c1ccccn1. The lowest BCUT2D eigenvalue weighted by atomic mass is 10.0. The van der Waals surface area contributed by atoms with Crippen molar-refractivity contribution in [2.75, 3.05) is 7.05 Å². The van der Waals surface area contributed by atoms with Gasteiger partial charge in [0, 0.05) is 36.6 Å². The minimum atomic E-state index is -0.477. The van der Waals surface area contributed by atoms with Crippen LogP contribution in [0.5, 0.6) is 0 Å². The number of nitrogens with one attached hydrogen (secondary N) is 2. The molecule has 0 saturated heterocycles. The van der Waals surface area contributed by atoms with Crippen LogP contribution in [-0.2, 0) is 9.63 Å². The molecule has 0 saturated carbocycles. The summed E-state index contributed by atoms with van der Waals surface area (Å²) in [5.74, 6) is -0.477. The number of hydrogen-bond acceptors (Lipinski definition) is 4. The molecule has 0 fully saturated rings. The van der Waals surface area contributed by atoms with E-state index in [0.717, 1.165) is 16.5 Å². The Morgan fingerprint density at radius 2 is 2.18 bits per heavy atom. The van der Waals surface area contributed by atoms with Gasteiger partial charge in [0.2, 0.25) is 0 Å². The van der Waals surface area contributed by atoms with Crippen molar-refractivity contribution in [1.82, 2.24) is 15.4 Å². The largest absolute Gasteiger partial charge is 0.367 e. The summed E-state index contributed by atoms with van der Waals surface area (Å²) in [4.78, 5) is 24.1. The zero-order valence-corrected chi connectivity index (χ0v) is 12.0. The van der Waals surface area contributed by atoms with Crippen LogP contribution in [0, 0.1) is 0 Å². The number of nitrogens with zero attached hydrogens (tertiary/aromatic N) is 1. The maximum absolute atomic E-state index is 11.8. The Balaban J connectivity index is 2.10. The van der Waals surface area contributed by atoms with Crippen molar-refractivity contribution in [2.24, 2.45) is 0 Å². The van der Waals surface area contributed by atoms with Gasteiger partial charge in [0.25, 0.3) is 0 Å². The Hall–Kier alpha value is -2.92. The third-order valence-electron chi connectivity index (χ3n) is 3.27. The molecule has 2 aromatic heterocycles. The fraction of sp³-hybridized carbons (Fsp3) is 0.0588. The quantitative estimate of drug-likeness (QED) is 0.573. The number of carbonyl (C=O) groups is 1. The van der Waals surface area contributed by atoms with Gasteiger partial charge < -0.3 is 9.82 Å². The number of benzene rings is 1. The Bertz CT molecular complexity index is 822. The molecule has 0 spiro atoms. The van der Waals surface area contributed by atoms with Crippen molar-refractivity contribution in [2.45, 2.75) is 0 Å². The van der Waals surface area contributed by atoms with E-state index in [4.69, 9.17) is 4.84 Å². The van der Waals surface area contributed by atoms with Crippen LogP contribution in [0.25, 0.3) is 16.5 Å².